The van der Waals surface area contributed by atoms with Crippen LogP contribution in [0.5, 0.6) is 5.75 Å². The molecule has 7 heteroatoms. The van der Waals surface area contributed by atoms with Gasteiger partial charge in [0.05, 0.1) is 23.7 Å². The zero-order valence-electron chi connectivity index (χ0n) is 11.9. The van der Waals surface area contributed by atoms with Crippen LogP contribution in [0.1, 0.15) is 5.56 Å². The number of nitrogens with zero attached hydrogens (tertiary/aromatic N) is 2. The van der Waals surface area contributed by atoms with Crippen molar-refractivity contribution in [2.75, 3.05) is 7.11 Å². The van der Waals surface area contributed by atoms with Crippen molar-refractivity contribution in [3.05, 3.63) is 60.4 Å². The van der Waals surface area contributed by atoms with Crippen LogP contribution < -0.4 is 9.46 Å². The number of pyridine rings is 1. The van der Waals surface area contributed by atoms with Crippen LogP contribution in [0.3, 0.4) is 0 Å². The van der Waals surface area contributed by atoms with Gasteiger partial charge in [-0.1, -0.05) is 12.1 Å². The van der Waals surface area contributed by atoms with Crippen molar-refractivity contribution >= 4 is 15.5 Å². The minimum Gasteiger partial charge on any atom is -0.497 e. The summed E-state index contributed by atoms with van der Waals surface area (Å²) in [5, 5.41) is 4.18. The highest BCUT2D eigenvalue weighted by Crippen LogP contribution is 2.17. The second kappa shape index (κ2) is 5.78. The summed E-state index contributed by atoms with van der Waals surface area (Å²) in [6, 6.07) is 12.0. The molecule has 22 heavy (non-hydrogen) atoms. The molecule has 0 atom stereocenters. The Hall–Kier alpha value is -2.38. The lowest BCUT2D eigenvalue weighted by molar-refractivity contribution is 0.413. The molecule has 114 valence electrons. The molecule has 0 aliphatic carbocycles. The highest BCUT2D eigenvalue weighted by molar-refractivity contribution is 7.89. The Morgan fingerprint density at radius 1 is 1.23 bits per heavy atom. The lowest BCUT2D eigenvalue weighted by Crippen LogP contribution is -2.23. The molecule has 0 amide bonds. The van der Waals surface area contributed by atoms with Crippen LogP contribution in [-0.4, -0.2) is 25.1 Å². The number of nitrogens with one attached hydrogen (secondary N) is 1. The van der Waals surface area contributed by atoms with Gasteiger partial charge in [-0.25, -0.2) is 17.7 Å². The summed E-state index contributed by atoms with van der Waals surface area (Å²) in [5.41, 5.74) is 1.68. The van der Waals surface area contributed by atoms with E-state index in [-0.39, 0.29) is 11.4 Å². The fourth-order valence-corrected chi connectivity index (χ4v) is 3.19. The normalized spacial score (nSPS) is 11.7. The van der Waals surface area contributed by atoms with E-state index in [9.17, 15) is 8.42 Å². The van der Waals surface area contributed by atoms with Gasteiger partial charge in [-0.15, -0.1) is 0 Å². The molecule has 1 aromatic carbocycles. The molecule has 0 spiro atoms. The number of sulfonamides is 1. The van der Waals surface area contributed by atoms with E-state index in [0.717, 1.165) is 11.1 Å². The van der Waals surface area contributed by atoms with E-state index >= 15 is 0 Å². The fraction of sp³-hybridized carbons (Fsp3) is 0.133. The number of benzene rings is 1. The molecule has 0 fully saturated rings. The molecular weight excluding hydrogens is 302 g/mol. The standard InChI is InChI=1S/C15H15N3O3S/c1-21-13-5-4-6-14(9-13)22(19,20)17-11-12-10-16-18-8-3-2-7-15(12)18/h2-10,17H,11H2,1H3. The van der Waals surface area contributed by atoms with Crippen molar-refractivity contribution in [2.45, 2.75) is 11.4 Å². The number of fused-ring (bicyclic) bond motifs is 1. The maximum Gasteiger partial charge on any atom is 0.241 e. The molecule has 3 rings (SSSR count). The van der Waals surface area contributed by atoms with E-state index in [4.69, 9.17) is 4.74 Å². The first kappa shape index (κ1) is 14.6. The first-order valence-corrected chi connectivity index (χ1v) is 8.13. The summed E-state index contributed by atoms with van der Waals surface area (Å²) in [6.07, 6.45) is 3.47. The lowest BCUT2D eigenvalue weighted by Gasteiger charge is -2.07. The monoisotopic (exact) mass is 317 g/mol. The Kier molecular flexibility index (Phi) is 3.82. The predicted octanol–water partition coefficient (Wildman–Crippen LogP) is 1.82. The molecule has 2 heterocycles. The summed E-state index contributed by atoms with van der Waals surface area (Å²) in [5.74, 6) is 0.499. The van der Waals surface area contributed by atoms with E-state index in [1.165, 1.54) is 19.2 Å². The Bertz CT molecular complexity index is 903. The summed E-state index contributed by atoms with van der Waals surface area (Å²) < 4.78 is 34.0. The first-order valence-electron chi connectivity index (χ1n) is 6.65. The highest BCUT2D eigenvalue weighted by atomic mass is 32.2. The number of aromatic nitrogens is 2. The summed E-state index contributed by atoms with van der Waals surface area (Å²) >= 11 is 0. The third-order valence-corrected chi connectivity index (χ3v) is 4.71. The zero-order chi connectivity index (χ0) is 15.6. The molecule has 3 aromatic rings. The highest BCUT2D eigenvalue weighted by Gasteiger charge is 2.15. The van der Waals surface area contributed by atoms with Gasteiger partial charge in [-0.3, -0.25) is 0 Å². The lowest BCUT2D eigenvalue weighted by atomic mass is 10.3. The Morgan fingerprint density at radius 3 is 2.91 bits per heavy atom. The van der Waals surface area contributed by atoms with Crippen molar-refractivity contribution in [3.63, 3.8) is 0 Å². The van der Waals surface area contributed by atoms with E-state index in [2.05, 4.69) is 9.82 Å². The van der Waals surface area contributed by atoms with Crippen LogP contribution in [0.2, 0.25) is 0 Å². The number of methoxy groups -OCH3 is 1. The van der Waals surface area contributed by atoms with Crippen molar-refractivity contribution in [1.29, 1.82) is 0 Å². The smallest absolute Gasteiger partial charge is 0.241 e. The molecule has 0 bridgehead atoms. The number of hydrogen-bond acceptors (Lipinski definition) is 4. The van der Waals surface area contributed by atoms with Crippen molar-refractivity contribution < 1.29 is 13.2 Å². The van der Waals surface area contributed by atoms with Crippen LogP contribution in [-0.2, 0) is 16.6 Å². The third-order valence-electron chi connectivity index (χ3n) is 3.31. The fourth-order valence-electron chi connectivity index (χ4n) is 2.15. The average molecular weight is 317 g/mol. The van der Waals surface area contributed by atoms with Gasteiger partial charge in [0.1, 0.15) is 5.75 Å². The van der Waals surface area contributed by atoms with E-state index in [1.807, 2.05) is 24.4 Å². The molecule has 0 saturated carbocycles. The topological polar surface area (TPSA) is 72.7 Å². The van der Waals surface area contributed by atoms with Crippen LogP contribution >= 0.6 is 0 Å². The molecule has 2 aromatic heterocycles. The van der Waals surface area contributed by atoms with Gasteiger partial charge in [-0.2, -0.15) is 5.10 Å². The molecule has 0 saturated heterocycles. The number of ether oxygens (including phenoxy) is 1. The van der Waals surface area contributed by atoms with Gasteiger partial charge in [0.2, 0.25) is 10.0 Å². The summed E-state index contributed by atoms with van der Waals surface area (Å²) in [6.45, 7) is 0.174. The molecule has 0 aliphatic rings. The van der Waals surface area contributed by atoms with Crippen molar-refractivity contribution in [3.8, 4) is 5.75 Å². The maximum atomic E-state index is 12.3. The minimum absolute atomic E-state index is 0.170. The van der Waals surface area contributed by atoms with Crippen molar-refractivity contribution in [2.24, 2.45) is 0 Å². The van der Waals surface area contributed by atoms with Gasteiger partial charge < -0.3 is 4.74 Å². The molecule has 0 unspecified atom stereocenters. The van der Waals surface area contributed by atoms with Gasteiger partial charge in [0.25, 0.3) is 0 Å². The van der Waals surface area contributed by atoms with Crippen LogP contribution in [0, 0.1) is 0 Å². The zero-order valence-corrected chi connectivity index (χ0v) is 12.7. The Labute approximate surface area is 128 Å². The maximum absolute atomic E-state index is 12.3. The van der Waals surface area contributed by atoms with E-state index < -0.39 is 10.0 Å². The second-order valence-electron chi connectivity index (χ2n) is 4.70. The molecule has 6 nitrogen and oxygen atoms in total. The Morgan fingerprint density at radius 2 is 2.09 bits per heavy atom. The summed E-state index contributed by atoms with van der Waals surface area (Å²) in [7, 11) is -2.11. The van der Waals surface area contributed by atoms with Gasteiger partial charge in [-0.05, 0) is 24.3 Å². The van der Waals surface area contributed by atoms with E-state index in [0.29, 0.717) is 5.75 Å². The first-order chi connectivity index (χ1) is 10.6. The SMILES string of the molecule is COc1cccc(S(=O)(=O)NCc2cnn3ccccc23)c1. The number of rotatable bonds is 5. The van der Waals surface area contributed by atoms with Crippen LogP contribution in [0.15, 0.2) is 59.8 Å². The van der Waals surface area contributed by atoms with E-state index in [1.54, 1.807) is 22.8 Å². The van der Waals surface area contributed by atoms with Crippen LogP contribution in [0.4, 0.5) is 0 Å². The van der Waals surface area contributed by atoms with Gasteiger partial charge in [0, 0.05) is 24.4 Å². The van der Waals surface area contributed by atoms with Crippen molar-refractivity contribution in [1.82, 2.24) is 14.3 Å². The third kappa shape index (κ3) is 2.81. The largest absolute Gasteiger partial charge is 0.497 e. The molecule has 1 N–H and O–H groups in total. The molecule has 0 radical (unpaired) electrons. The van der Waals surface area contributed by atoms with Gasteiger partial charge >= 0.3 is 0 Å². The minimum atomic E-state index is -3.60. The van der Waals surface area contributed by atoms with Crippen LogP contribution in [0.25, 0.3) is 5.52 Å². The van der Waals surface area contributed by atoms with Gasteiger partial charge in [0.15, 0.2) is 0 Å². The summed E-state index contributed by atoms with van der Waals surface area (Å²) in [4.78, 5) is 0.170. The Balaban J connectivity index is 1.83. The average Bonchev–Trinajstić information content (AvgIpc) is 2.96. The quantitative estimate of drug-likeness (QED) is 0.779. The molecule has 0 aliphatic heterocycles. The molecular formula is C15H15N3O3S. The second-order valence-corrected chi connectivity index (χ2v) is 6.47. The number of hydrogen-bond donors (Lipinski definition) is 1. The predicted molar refractivity (Wildman–Crippen MR) is 82.2 cm³/mol.